The lowest BCUT2D eigenvalue weighted by Crippen LogP contribution is -2.34. The molecular weight excluding hydrogens is 400 g/mol. The fraction of sp³-hybridized carbons (Fsp3) is 0.200. The van der Waals surface area contributed by atoms with E-state index in [0.717, 1.165) is 27.1 Å². The first kappa shape index (κ1) is 19.6. The summed E-state index contributed by atoms with van der Waals surface area (Å²) in [5.74, 6) is 0.716. The molecule has 1 aromatic heterocycles. The van der Waals surface area contributed by atoms with Crippen molar-refractivity contribution in [2.24, 2.45) is 0 Å². The molecule has 2 N–H and O–H groups in total. The fourth-order valence-corrected chi connectivity index (χ4v) is 4.39. The average molecular weight is 419 g/mol. The number of amides is 1. The highest BCUT2D eigenvalue weighted by Crippen LogP contribution is 2.37. The molecule has 27 heavy (non-hydrogen) atoms. The summed E-state index contributed by atoms with van der Waals surface area (Å²) in [7, 11) is 1.60. The zero-order valence-electron chi connectivity index (χ0n) is 15.1. The predicted octanol–water partition coefficient (Wildman–Crippen LogP) is 5.81. The van der Waals surface area contributed by atoms with Crippen LogP contribution in [0.15, 0.2) is 42.5 Å². The van der Waals surface area contributed by atoms with Gasteiger partial charge < -0.3 is 10.1 Å². The van der Waals surface area contributed by atoms with E-state index in [1.807, 2.05) is 42.5 Å². The summed E-state index contributed by atoms with van der Waals surface area (Å²) in [5, 5.41) is 7.29. The van der Waals surface area contributed by atoms with Crippen molar-refractivity contribution in [2.45, 2.75) is 19.8 Å². The molecule has 140 valence electrons. The molecule has 0 aliphatic carbocycles. The second-order valence-corrected chi connectivity index (χ2v) is 8.10. The Labute approximate surface area is 172 Å². The molecule has 0 saturated heterocycles. The lowest BCUT2D eigenvalue weighted by atomic mass is 10.0. The number of methoxy groups -OCH3 is 1. The van der Waals surface area contributed by atoms with E-state index in [4.69, 9.17) is 28.6 Å². The summed E-state index contributed by atoms with van der Waals surface area (Å²) >= 11 is 13.0. The lowest BCUT2D eigenvalue weighted by Gasteiger charge is -2.15. The molecule has 0 fully saturated rings. The molecule has 0 atom stereocenters. The fourth-order valence-electron chi connectivity index (χ4n) is 2.75. The van der Waals surface area contributed by atoms with Crippen molar-refractivity contribution < 1.29 is 9.53 Å². The molecule has 0 bridgehead atoms. The summed E-state index contributed by atoms with van der Waals surface area (Å²) in [6.45, 7) is 4.21. The Bertz CT molecular complexity index is 1010. The molecular formula is C20H19ClN2O2S2. The summed E-state index contributed by atoms with van der Waals surface area (Å²) in [6, 6.07) is 13.4. The van der Waals surface area contributed by atoms with Gasteiger partial charge in [-0.25, -0.2) is 0 Å². The number of benzene rings is 2. The zero-order valence-corrected chi connectivity index (χ0v) is 17.5. The van der Waals surface area contributed by atoms with Gasteiger partial charge in [0.05, 0.1) is 12.1 Å². The van der Waals surface area contributed by atoms with Crippen LogP contribution in [0.25, 0.3) is 10.1 Å². The van der Waals surface area contributed by atoms with Crippen molar-refractivity contribution in [1.82, 2.24) is 5.32 Å². The minimum absolute atomic E-state index is 0.235. The van der Waals surface area contributed by atoms with Gasteiger partial charge in [0.2, 0.25) is 0 Å². The number of hydrogen-bond acceptors (Lipinski definition) is 4. The number of anilines is 1. The summed E-state index contributed by atoms with van der Waals surface area (Å²) in [5.41, 5.74) is 2.01. The minimum Gasteiger partial charge on any atom is -0.497 e. The number of fused-ring (bicyclic) bond motifs is 1. The summed E-state index contributed by atoms with van der Waals surface area (Å²) in [6.07, 6.45) is 0. The first-order chi connectivity index (χ1) is 12.9. The average Bonchev–Trinajstić information content (AvgIpc) is 2.98. The van der Waals surface area contributed by atoms with Crippen LogP contribution < -0.4 is 15.4 Å². The lowest BCUT2D eigenvalue weighted by molar-refractivity contribution is 0.0982. The first-order valence-electron chi connectivity index (χ1n) is 8.38. The molecule has 2 aromatic carbocycles. The van der Waals surface area contributed by atoms with E-state index < -0.39 is 0 Å². The Hall–Kier alpha value is -2.15. The van der Waals surface area contributed by atoms with E-state index in [1.54, 1.807) is 7.11 Å². The second kappa shape index (κ2) is 8.25. The number of halogens is 1. The number of rotatable bonds is 4. The molecule has 0 saturated carbocycles. The van der Waals surface area contributed by atoms with Crippen molar-refractivity contribution in [3.05, 3.63) is 57.9 Å². The molecule has 0 unspecified atom stereocenters. The third kappa shape index (κ3) is 4.24. The smallest absolute Gasteiger partial charge is 0.269 e. The Kier molecular flexibility index (Phi) is 5.99. The number of hydrogen-bond donors (Lipinski definition) is 2. The highest BCUT2D eigenvalue weighted by Gasteiger charge is 2.19. The molecule has 4 nitrogen and oxygen atoms in total. The van der Waals surface area contributed by atoms with Crippen LogP contribution in [0.3, 0.4) is 0 Å². The van der Waals surface area contributed by atoms with E-state index in [1.165, 1.54) is 11.3 Å². The topological polar surface area (TPSA) is 50.4 Å². The second-order valence-electron chi connectivity index (χ2n) is 6.26. The van der Waals surface area contributed by atoms with Crippen LogP contribution in [-0.4, -0.2) is 18.1 Å². The number of ether oxygens (including phenoxy) is 1. The van der Waals surface area contributed by atoms with Gasteiger partial charge in [-0.1, -0.05) is 43.6 Å². The first-order valence-corrected chi connectivity index (χ1v) is 9.98. The highest BCUT2D eigenvalue weighted by atomic mass is 35.5. The van der Waals surface area contributed by atoms with Gasteiger partial charge in [0.1, 0.15) is 10.6 Å². The van der Waals surface area contributed by atoms with E-state index in [9.17, 15) is 4.79 Å². The molecule has 0 aliphatic rings. The standard InChI is InChI=1S/C20H19ClN2O2S2/c1-11(2)13-6-4-5-7-15(13)22-20(26)23-19(24)18-17(21)14-9-8-12(25-3)10-16(14)27-18/h4-11H,1-3H3,(H2,22,23,24,26). The predicted molar refractivity (Wildman–Crippen MR) is 118 cm³/mol. The van der Waals surface area contributed by atoms with Crippen LogP contribution >= 0.6 is 35.2 Å². The van der Waals surface area contributed by atoms with Gasteiger partial charge >= 0.3 is 0 Å². The molecule has 3 aromatic rings. The van der Waals surface area contributed by atoms with Crippen LogP contribution in [0.4, 0.5) is 5.69 Å². The maximum atomic E-state index is 12.7. The van der Waals surface area contributed by atoms with E-state index in [0.29, 0.717) is 15.8 Å². The molecule has 0 aliphatic heterocycles. The van der Waals surface area contributed by atoms with Crippen LogP contribution in [0.2, 0.25) is 5.02 Å². The molecule has 1 heterocycles. The number of carbonyl (C=O) groups is 1. The molecule has 0 radical (unpaired) electrons. The Balaban J connectivity index is 1.78. The molecule has 0 spiro atoms. The SMILES string of the molecule is COc1ccc2c(Cl)c(C(=O)NC(=S)Nc3ccccc3C(C)C)sc2c1. The van der Waals surface area contributed by atoms with Gasteiger partial charge in [-0.05, 0) is 48.0 Å². The molecule has 3 rings (SSSR count). The normalized spacial score (nSPS) is 10.9. The van der Waals surface area contributed by atoms with Crippen LogP contribution in [0, 0.1) is 0 Å². The van der Waals surface area contributed by atoms with Crippen molar-refractivity contribution in [3.8, 4) is 5.75 Å². The third-order valence-electron chi connectivity index (χ3n) is 4.10. The highest BCUT2D eigenvalue weighted by molar-refractivity contribution is 7.80. The number of thiophene rings is 1. The zero-order chi connectivity index (χ0) is 19.6. The van der Waals surface area contributed by atoms with Crippen LogP contribution in [-0.2, 0) is 0 Å². The number of carbonyl (C=O) groups excluding carboxylic acids is 1. The Morgan fingerprint density at radius 1 is 1.22 bits per heavy atom. The number of nitrogens with one attached hydrogen (secondary N) is 2. The number of para-hydroxylation sites is 1. The van der Waals surface area contributed by atoms with Gasteiger partial charge in [-0.2, -0.15) is 0 Å². The number of thiocarbonyl (C=S) groups is 1. The minimum atomic E-state index is -0.334. The van der Waals surface area contributed by atoms with Gasteiger partial charge in [0.15, 0.2) is 5.11 Å². The van der Waals surface area contributed by atoms with Crippen LogP contribution in [0.5, 0.6) is 5.75 Å². The van der Waals surface area contributed by atoms with Gasteiger partial charge in [-0.3, -0.25) is 10.1 Å². The molecule has 1 amide bonds. The van der Waals surface area contributed by atoms with Crippen molar-refractivity contribution >= 4 is 61.9 Å². The summed E-state index contributed by atoms with van der Waals surface area (Å²) in [4.78, 5) is 13.1. The summed E-state index contributed by atoms with van der Waals surface area (Å²) < 4.78 is 6.11. The third-order valence-corrected chi connectivity index (χ3v) is 5.96. The Morgan fingerprint density at radius 2 is 1.96 bits per heavy atom. The van der Waals surface area contributed by atoms with Crippen molar-refractivity contribution in [3.63, 3.8) is 0 Å². The largest absolute Gasteiger partial charge is 0.497 e. The van der Waals surface area contributed by atoms with E-state index >= 15 is 0 Å². The van der Waals surface area contributed by atoms with Crippen molar-refractivity contribution in [1.29, 1.82) is 0 Å². The van der Waals surface area contributed by atoms with Gasteiger partial charge in [0.25, 0.3) is 5.91 Å². The van der Waals surface area contributed by atoms with E-state index in [-0.39, 0.29) is 11.0 Å². The van der Waals surface area contributed by atoms with Crippen LogP contribution in [0.1, 0.15) is 35.0 Å². The van der Waals surface area contributed by atoms with Crippen molar-refractivity contribution in [2.75, 3.05) is 12.4 Å². The Morgan fingerprint density at radius 3 is 2.67 bits per heavy atom. The van der Waals surface area contributed by atoms with Gasteiger partial charge in [-0.15, -0.1) is 11.3 Å². The molecule has 7 heteroatoms. The van der Waals surface area contributed by atoms with E-state index in [2.05, 4.69) is 24.5 Å². The maximum Gasteiger partial charge on any atom is 0.269 e. The monoisotopic (exact) mass is 418 g/mol. The quantitative estimate of drug-likeness (QED) is 0.524. The maximum absolute atomic E-state index is 12.7. The van der Waals surface area contributed by atoms with Gasteiger partial charge in [0, 0.05) is 15.8 Å².